The third kappa shape index (κ3) is 2.90. The maximum atomic E-state index is 8.63. The highest BCUT2D eigenvalue weighted by atomic mass is 32.2. The fraction of sp³-hybridized carbons (Fsp3) is 0.462. The number of benzene rings is 1. The molecule has 2 unspecified atom stereocenters. The Morgan fingerprint density at radius 3 is 2.33 bits per heavy atom. The lowest BCUT2D eigenvalue weighted by atomic mass is 10.1. The van der Waals surface area contributed by atoms with E-state index in [2.05, 4.69) is 23.9 Å². The molecule has 0 amide bonds. The third-order valence-electron chi connectivity index (χ3n) is 3.06. The molecule has 1 saturated heterocycles. The number of amidine groups is 1. The lowest BCUT2D eigenvalue weighted by Gasteiger charge is -2.36. The number of rotatable bonds is 2. The van der Waals surface area contributed by atoms with Crippen LogP contribution in [0, 0.1) is 0 Å². The van der Waals surface area contributed by atoms with E-state index in [9.17, 15) is 0 Å². The van der Waals surface area contributed by atoms with Gasteiger partial charge in [0.25, 0.3) is 0 Å². The minimum absolute atomic E-state index is 0.150. The van der Waals surface area contributed by atoms with E-state index in [1.807, 2.05) is 36.0 Å². The van der Waals surface area contributed by atoms with Gasteiger partial charge in [0.1, 0.15) is 0 Å². The summed E-state index contributed by atoms with van der Waals surface area (Å²) < 4.78 is 0. The van der Waals surface area contributed by atoms with Crippen molar-refractivity contribution in [3.8, 4) is 0 Å². The number of nitrogens with zero attached hydrogens (tertiary/aromatic N) is 2. The summed E-state index contributed by atoms with van der Waals surface area (Å²) in [6.07, 6.45) is 0. The van der Waals surface area contributed by atoms with Crippen LogP contribution in [0.3, 0.4) is 0 Å². The monoisotopic (exact) mass is 265 g/mol. The Labute approximate surface area is 112 Å². The Kier molecular flexibility index (Phi) is 4.01. The van der Waals surface area contributed by atoms with Crippen molar-refractivity contribution >= 4 is 23.3 Å². The highest BCUT2D eigenvalue weighted by molar-refractivity contribution is 8.00. The van der Waals surface area contributed by atoms with Crippen molar-refractivity contribution in [1.29, 1.82) is 0 Å². The molecular weight excluding hydrogens is 246 g/mol. The van der Waals surface area contributed by atoms with Crippen molar-refractivity contribution in [3.05, 3.63) is 29.8 Å². The first-order valence-corrected chi connectivity index (χ1v) is 7.03. The Balaban J connectivity index is 2.14. The largest absolute Gasteiger partial charge is 0.409 e. The fourth-order valence-electron chi connectivity index (χ4n) is 2.29. The van der Waals surface area contributed by atoms with Gasteiger partial charge in [0.2, 0.25) is 0 Å². The van der Waals surface area contributed by atoms with Crippen LogP contribution in [0.25, 0.3) is 0 Å². The SMILES string of the molecule is CC1CN(c2ccc(C(N)=NO)cc2)CC(C)S1. The first-order valence-electron chi connectivity index (χ1n) is 6.08. The second-order valence-corrected chi connectivity index (χ2v) is 6.58. The average Bonchev–Trinajstić information content (AvgIpc) is 2.37. The van der Waals surface area contributed by atoms with Gasteiger partial charge < -0.3 is 15.8 Å². The summed E-state index contributed by atoms with van der Waals surface area (Å²) in [6.45, 7) is 6.66. The molecular formula is C13H19N3OS. The van der Waals surface area contributed by atoms with Gasteiger partial charge in [0, 0.05) is 34.8 Å². The third-order valence-corrected chi connectivity index (χ3v) is 4.28. The van der Waals surface area contributed by atoms with Gasteiger partial charge in [0.05, 0.1) is 0 Å². The van der Waals surface area contributed by atoms with Crippen molar-refractivity contribution in [2.45, 2.75) is 24.3 Å². The predicted molar refractivity (Wildman–Crippen MR) is 77.7 cm³/mol. The van der Waals surface area contributed by atoms with Crippen molar-refractivity contribution < 1.29 is 5.21 Å². The number of oxime groups is 1. The normalized spacial score (nSPS) is 25.2. The zero-order chi connectivity index (χ0) is 13.1. The molecule has 0 radical (unpaired) electrons. The zero-order valence-electron chi connectivity index (χ0n) is 10.7. The molecule has 2 atom stereocenters. The molecule has 0 aliphatic carbocycles. The maximum Gasteiger partial charge on any atom is 0.170 e. The van der Waals surface area contributed by atoms with E-state index in [0.29, 0.717) is 10.5 Å². The van der Waals surface area contributed by atoms with Crippen molar-refractivity contribution in [1.82, 2.24) is 0 Å². The van der Waals surface area contributed by atoms with Gasteiger partial charge in [-0.2, -0.15) is 11.8 Å². The molecule has 1 aromatic carbocycles. The second-order valence-electron chi connectivity index (χ2n) is 4.69. The van der Waals surface area contributed by atoms with E-state index in [-0.39, 0.29) is 5.84 Å². The summed E-state index contributed by atoms with van der Waals surface area (Å²) in [5, 5.41) is 12.9. The molecule has 0 spiro atoms. The number of thioether (sulfide) groups is 1. The molecule has 1 aliphatic heterocycles. The molecule has 98 valence electrons. The van der Waals surface area contributed by atoms with E-state index >= 15 is 0 Å². The zero-order valence-corrected chi connectivity index (χ0v) is 11.5. The molecule has 1 fully saturated rings. The van der Waals surface area contributed by atoms with Crippen LogP contribution in [-0.2, 0) is 0 Å². The Morgan fingerprint density at radius 2 is 1.83 bits per heavy atom. The fourth-order valence-corrected chi connectivity index (χ4v) is 3.61. The van der Waals surface area contributed by atoms with E-state index in [1.54, 1.807) is 0 Å². The summed E-state index contributed by atoms with van der Waals surface area (Å²) >= 11 is 2.04. The van der Waals surface area contributed by atoms with Crippen LogP contribution in [0.15, 0.2) is 29.4 Å². The minimum Gasteiger partial charge on any atom is -0.409 e. The average molecular weight is 265 g/mol. The van der Waals surface area contributed by atoms with Crippen LogP contribution >= 0.6 is 11.8 Å². The molecule has 2 rings (SSSR count). The van der Waals surface area contributed by atoms with Crippen molar-refractivity contribution in [3.63, 3.8) is 0 Å². The number of anilines is 1. The van der Waals surface area contributed by atoms with Gasteiger partial charge in [-0.3, -0.25) is 0 Å². The van der Waals surface area contributed by atoms with Gasteiger partial charge in [-0.25, -0.2) is 0 Å². The summed E-state index contributed by atoms with van der Waals surface area (Å²) in [4.78, 5) is 2.39. The topological polar surface area (TPSA) is 61.8 Å². The molecule has 1 heterocycles. The summed E-state index contributed by atoms with van der Waals surface area (Å²) in [6, 6.07) is 7.84. The standard InChI is InChI=1S/C13H19N3OS/c1-9-7-16(8-10(2)18-9)12-5-3-11(4-6-12)13(14)15-17/h3-6,9-10,17H,7-8H2,1-2H3,(H2,14,15). The summed E-state index contributed by atoms with van der Waals surface area (Å²) in [5.41, 5.74) is 7.49. The van der Waals surface area contributed by atoms with E-state index in [1.165, 1.54) is 5.69 Å². The molecule has 1 aliphatic rings. The molecule has 4 nitrogen and oxygen atoms in total. The first kappa shape index (κ1) is 13.1. The Morgan fingerprint density at radius 1 is 1.28 bits per heavy atom. The molecule has 0 bridgehead atoms. The van der Waals surface area contributed by atoms with Crippen LogP contribution in [0.5, 0.6) is 0 Å². The molecule has 5 heteroatoms. The summed E-state index contributed by atoms with van der Waals surface area (Å²) in [7, 11) is 0. The van der Waals surface area contributed by atoms with Gasteiger partial charge in [-0.1, -0.05) is 19.0 Å². The van der Waals surface area contributed by atoms with Crippen molar-refractivity contribution in [2.75, 3.05) is 18.0 Å². The minimum atomic E-state index is 0.150. The van der Waals surface area contributed by atoms with Crippen LogP contribution < -0.4 is 10.6 Å². The van der Waals surface area contributed by atoms with Gasteiger partial charge in [0.15, 0.2) is 5.84 Å². The molecule has 1 aromatic rings. The lowest BCUT2D eigenvalue weighted by Crippen LogP contribution is -2.40. The number of nitrogens with two attached hydrogens (primary N) is 1. The second kappa shape index (κ2) is 5.52. The molecule has 18 heavy (non-hydrogen) atoms. The van der Waals surface area contributed by atoms with Crippen LogP contribution in [0.2, 0.25) is 0 Å². The highest BCUT2D eigenvalue weighted by Gasteiger charge is 2.22. The smallest absolute Gasteiger partial charge is 0.170 e. The van der Waals surface area contributed by atoms with E-state index in [0.717, 1.165) is 18.7 Å². The van der Waals surface area contributed by atoms with Gasteiger partial charge in [-0.05, 0) is 24.3 Å². The van der Waals surface area contributed by atoms with Crippen molar-refractivity contribution in [2.24, 2.45) is 10.9 Å². The number of hydrogen-bond donors (Lipinski definition) is 2. The molecule has 0 aromatic heterocycles. The number of hydrogen-bond acceptors (Lipinski definition) is 4. The summed E-state index contributed by atoms with van der Waals surface area (Å²) in [5.74, 6) is 0.150. The van der Waals surface area contributed by atoms with Crippen LogP contribution in [0.4, 0.5) is 5.69 Å². The quantitative estimate of drug-likeness (QED) is 0.372. The highest BCUT2D eigenvalue weighted by Crippen LogP contribution is 2.28. The first-order chi connectivity index (χ1) is 8.60. The Bertz CT molecular complexity index is 422. The lowest BCUT2D eigenvalue weighted by molar-refractivity contribution is 0.318. The predicted octanol–water partition coefficient (Wildman–Crippen LogP) is 2.11. The Hall–Kier alpha value is -1.36. The van der Waals surface area contributed by atoms with E-state index < -0.39 is 0 Å². The van der Waals surface area contributed by atoms with Crippen LogP contribution in [-0.4, -0.2) is 34.6 Å². The molecule has 3 N–H and O–H groups in total. The van der Waals surface area contributed by atoms with Crippen LogP contribution in [0.1, 0.15) is 19.4 Å². The molecule has 0 saturated carbocycles. The maximum absolute atomic E-state index is 8.63. The van der Waals surface area contributed by atoms with Gasteiger partial charge >= 0.3 is 0 Å². The van der Waals surface area contributed by atoms with Gasteiger partial charge in [-0.15, -0.1) is 0 Å². The van der Waals surface area contributed by atoms with E-state index in [4.69, 9.17) is 10.9 Å².